The summed E-state index contributed by atoms with van der Waals surface area (Å²) in [6, 6.07) is 13.1. The van der Waals surface area contributed by atoms with E-state index >= 15 is 0 Å². The van der Waals surface area contributed by atoms with Gasteiger partial charge in [0.05, 0.1) is 0 Å². The Morgan fingerprint density at radius 1 is 0.778 bits per heavy atom. The van der Waals surface area contributed by atoms with Crippen LogP contribution in [0, 0.1) is 5.82 Å². The summed E-state index contributed by atoms with van der Waals surface area (Å²) in [7, 11) is 3.91. The molecule has 0 bridgehead atoms. The molecule has 1 aliphatic rings. The lowest BCUT2D eigenvalue weighted by atomic mass is 10.1. The average Bonchev–Trinajstić information content (AvgIpc) is 2.94. The zero-order valence-electron chi connectivity index (χ0n) is 15.7. The van der Waals surface area contributed by atoms with E-state index in [9.17, 15) is 14.0 Å². The van der Waals surface area contributed by atoms with Crippen LogP contribution in [-0.2, 0) is 0 Å². The van der Waals surface area contributed by atoms with Crippen molar-refractivity contribution in [1.29, 1.82) is 0 Å². The van der Waals surface area contributed by atoms with Crippen molar-refractivity contribution in [2.45, 2.75) is 6.42 Å². The predicted octanol–water partition coefficient (Wildman–Crippen LogP) is 2.88. The van der Waals surface area contributed by atoms with Crippen molar-refractivity contribution in [3.8, 4) is 0 Å². The highest BCUT2D eigenvalue weighted by atomic mass is 19.1. The zero-order valence-corrected chi connectivity index (χ0v) is 15.7. The van der Waals surface area contributed by atoms with E-state index in [1.54, 1.807) is 9.80 Å². The van der Waals surface area contributed by atoms with E-state index in [4.69, 9.17) is 0 Å². The molecule has 0 unspecified atom stereocenters. The Balaban J connectivity index is 1.64. The lowest BCUT2D eigenvalue weighted by Crippen LogP contribution is -2.37. The summed E-state index contributed by atoms with van der Waals surface area (Å²) in [6.07, 6.45) is 0.717. The van der Waals surface area contributed by atoms with Crippen LogP contribution in [0.1, 0.15) is 27.1 Å². The summed E-state index contributed by atoms with van der Waals surface area (Å²) >= 11 is 0. The number of benzene rings is 2. The molecule has 0 aromatic heterocycles. The van der Waals surface area contributed by atoms with E-state index in [2.05, 4.69) is 0 Å². The van der Waals surface area contributed by atoms with Gasteiger partial charge in [0, 0.05) is 57.1 Å². The Labute approximate surface area is 159 Å². The minimum Gasteiger partial charge on any atom is -0.378 e. The van der Waals surface area contributed by atoms with Crippen LogP contribution in [0.3, 0.4) is 0 Å². The van der Waals surface area contributed by atoms with Crippen molar-refractivity contribution in [2.75, 3.05) is 45.2 Å². The van der Waals surface area contributed by atoms with Crippen molar-refractivity contribution < 1.29 is 14.0 Å². The number of amides is 2. The van der Waals surface area contributed by atoms with Gasteiger partial charge in [0.25, 0.3) is 11.8 Å². The normalized spacial score (nSPS) is 14.6. The van der Waals surface area contributed by atoms with Gasteiger partial charge in [0.2, 0.25) is 0 Å². The van der Waals surface area contributed by atoms with Crippen LogP contribution in [0.4, 0.5) is 10.1 Å². The molecule has 0 aliphatic carbocycles. The Hall–Kier alpha value is -2.89. The van der Waals surface area contributed by atoms with Crippen LogP contribution in [0.2, 0.25) is 0 Å². The summed E-state index contributed by atoms with van der Waals surface area (Å²) in [5.41, 5.74) is 2.16. The third-order valence-electron chi connectivity index (χ3n) is 4.79. The standard InChI is InChI=1S/C21H24FN3O2/c1-23(2)19-10-6-17(7-11-19)21(27)25-13-3-12-24(14-15-25)20(26)16-4-8-18(22)9-5-16/h4-11H,3,12-15H2,1-2H3. The molecule has 2 amide bonds. The first-order valence-electron chi connectivity index (χ1n) is 9.07. The van der Waals surface area contributed by atoms with E-state index in [-0.39, 0.29) is 17.6 Å². The van der Waals surface area contributed by atoms with Crippen LogP contribution in [0.25, 0.3) is 0 Å². The molecule has 0 atom stereocenters. The van der Waals surface area contributed by atoms with Gasteiger partial charge in [0.15, 0.2) is 0 Å². The lowest BCUT2D eigenvalue weighted by molar-refractivity contribution is 0.0718. The molecule has 27 heavy (non-hydrogen) atoms. The second kappa shape index (κ2) is 8.20. The number of carbonyl (C=O) groups is 2. The van der Waals surface area contributed by atoms with E-state index in [1.807, 2.05) is 43.3 Å². The molecule has 1 fully saturated rings. The van der Waals surface area contributed by atoms with Gasteiger partial charge in [-0.05, 0) is 55.0 Å². The summed E-state index contributed by atoms with van der Waals surface area (Å²) < 4.78 is 13.1. The number of anilines is 1. The summed E-state index contributed by atoms with van der Waals surface area (Å²) in [6.45, 7) is 2.15. The Kier molecular flexibility index (Phi) is 5.74. The maximum absolute atomic E-state index is 13.1. The van der Waals surface area contributed by atoms with Crippen molar-refractivity contribution in [3.05, 3.63) is 65.5 Å². The SMILES string of the molecule is CN(C)c1ccc(C(=O)N2CCCN(C(=O)c3ccc(F)cc3)CC2)cc1. The monoisotopic (exact) mass is 369 g/mol. The smallest absolute Gasteiger partial charge is 0.253 e. The number of carbonyl (C=O) groups excluding carboxylic acids is 2. The van der Waals surface area contributed by atoms with Gasteiger partial charge in [-0.15, -0.1) is 0 Å². The molecule has 2 aromatic carbocycles. The molecule has 1 saturated heterocycles. The van der Waals surface area contributed by atoms with Crippen LogP contribution in [-0.4, -0.2) is 61.9 Å². The fourth-order valence-electron chi connectivity index (χ4n) is 3.18. The molecule has 6 heteroatoms. The van der Waals surface area contributed by atoms with Gasteiger partial charge in [-0.2, -0.15) is 0 Å². The van der Waals surface area contributed by atoms with Crippen LogP contribution in [0.15, 0.2) is 48.5 Å². The highest BCUT2D eigenvalue weighted by molar-refractivity contribution is 5.95. The number of rotatable bonds is 3. The molecule has 1 heterocycles. The number of nitrogens with zero attached hydrogens (tertiary/aromatic N) is 3. The third kappa shape index (κ3) is 4.45. The quantitative estimate of drug-likeness (QED) is 0.836. The third-order valence-corrected chi connectivity index (χ3v) is 4.79. The van der Waals surface area contributed by atoms with Gasteiger partial charge in [-0.3, -0.25) is 9.59 Å². The highest BCUT2D eigenvalue weighted by Gasteiger charge is 2.23. The molecule has 0 saturated carbocycles. The van der Waals surface area contributed by atoms with Crippen LogP contribution in [0.5, 0.6) is 0 Å². The van der Waals surface area contributed by atoms with E-state index < -0.39 is 0 Å². The summed E-state index contributed by atoms with van der Waals surface area (Å²) in [5, 5.41) is 0. The first-order valence-corrected chi connectivity index (χ1v) is 9.07. The van der Waals surface area contributed by atoms with Gasteiger partial charge in [-0.1, -0.05) is 0 Å². The Morgan fingerprint density at radius 3 is 1.67 bits per heavy atom. The second-order valence-corrected chi connectivity index (χ2v) is 6.89. The van der Waals surface area contributed by atoms with Crippen molar-refractivity contribution in [2.24, 2.45) is 0 Å². The zero-order chi connectivity index (χ0) is 19.4. The van der Waals surface area contributed by atoms with Crippen molar-refractivity contribution >= 4 is 17.5 Å². The average molecular weight is 369 g/mol. The highest BCUT2D eigenvalue weighted by Crippen LogP contribution is 2.16. The molecule has 0 spiro atoms. The molecule has 0 N–H and O–H groups in total. The minimum absolute atomic E-state index is 0.0172. The van der Waals surface area contributed by atoms with Crippen molar-refractivity contribution in [1.82, 2.24) is 9.80 Å². The van der Waals surface area contributed by atoms with Crippen LogP contribution < -0.4 is 4.90 Å². The molecule has 2 aromatic rings. The number of hydrogen-bond acceptors (Lipinski definition) is 3. The van der Waals surface area contributed by atoms with Crippen LogP contribution >= 0.6 is 0 Å². The largest absolute Gasteiger partial charge is 0.378 e. The molecular formula is C21H24FN3O2. The first kappa shape index (κ1) is 18.9. The maximum atomic E-state index is 13.1. The molecule has 0 radical (unpaired) electrons. The molecule has 1 aliphatic heterocycles. The van der Waals surface area contributed by atoms with E-state index in [1.165, 1.54) is 24.3 Å². The molecule has 142 valence electrons. The predicted molar refractivity (Wildman–Crippen MR) is 104 cm³/mol. The number of hydrogen-bond donors (Lipinski definition) is 0. The van der Waals surface area contributed by atoms with Gasteiger partial charge >= 0.3 is 0 Å². The van der Waals surface area contributed by atoms with Gasteiger partial charge < -0.3 is 14.7 Å². The topological polar surface area (TPSA) is 43.9 Å². The lowest BCUT2D eigenvalue weighted by Gasteiger charge is -2.22. The van der Waals surface area contributed by atoms with Gasteiger partial charge in [-0.25, -0.2) is 4.39 Å². The Bertz CT molecular complexity index is 803. The van der Waals surface area contributed by atoms with Crippen molar-refractivity contribution in [3.63, 3.8) is 0 Å². The fraction of sp³-hybridized carbons (Fsp3) is 0.333. The molecule has 5 nitrogen and oxygen atoms in total. The van der Waals surface area contributed by atoms with Gasteiger partial charge in [0.1, 0.15) is 5.82 Å². The second-order valence-electron chi connectivity index (χ2n) is 6.89. The Morgan fingerprint density at radius 2 is 1.22 bits per heavy atom. The van der Waals surface area contributed by atoms with E-state index in [0.29, 0.717) is 43.7 Å². The minimum atomic E-state index is -0.362. The first-order chi connectivity index (χ1) is 13.0. The summed E-state index contributed by atoms with van der Waals surface area (Å²) in [5.74, 6) is -0.504. The van der Waals surface area contributed by atoms with E-state index in [0.717, 1.165) is 5.69 Å². The number of halogens is 1. The summed E-state index contributed by atoms with van der Waals surface area (Å²) in [4.78, 5) is 30.9. The fourth-order valence-corrected chi connectivity index (χ4v) is 3.18. The molecule has 3 rings (SSSR count). The molecular weight excluding hydrogens is 345 g/mol. The maximum Gasteiger partial charge on any atom is 0.253 e.